The number of hydrogen-bond acceptors (Lipinski definition) is 2. The number of nitrogens with zero attached hydrogens (tertiary/aromatic N) is 1. The fourth-order valence-corrected chi connectivity index (χ4v) is 2.29. The lowest BCUT2D eigenvalue weighted by Gasteiger charge is -2.23. The van der Waals surface area contributed by atoms with Gasteiger partial charge in [0.15, 0.2) is 0 Å². The molecule has 0 bridgehead atoms. The number of halogens is 2. The lowest BCUT2D eigenvalue weighted by Crippen LogP contribution is -2.27. The number of aryl methyl sites for hydroxylation is 1. The molecule has 0 spiro atoms. The predicted molar refractivity (Wildman–Crippen MR) is 75.4 cm³/mol. The highest BCUT2D eigenvalue weighted by molar-refractivity contribution is 9.09. The van der Waals surface area contributed by atoms with Gasteiger partial charge in [-0.2, -0.15) is 0 Å². The molecule has 4 heteroatoms. The summed E-state index contributed by atoms with van der Waals surface area (Å²) >= 11 is 6.94. The Morgan fingerprint density at radius 3 is 2.27 bits per heavy atom. The maximum atomic E-state index is 5.80. The van der Waals surface area contributed by atoms with Crippen LogP contribution in [0.2, 0.25) is 0 Å². The third kappa shape index (κ3) is 3.68. The first-order valence-electron chi connectivity index (χ1n) is 4.92. The molecule has 15 heavy (non-hydrogen) atoms. The summed E-state index contributed by atoms with van der Waals surface area (Å²) in [5, 5.41) is 1.95. The van der Waals surface area contributed by atoms with Crippen molar-refractivity contribution in [3.05, 3.63) is 23.8 Å². The summed E-state index contributed by atoms with van der Waals surface area (Å²) in [5.74, 6) is 0. The van der Waals surface area contributed by atoms with Gasteiger partial charge in [0.05, 0.1) is 0 Å². The Labute approximate surface area is 108 Å². The molecule has 0 heterocycles. The van der Waals surface area contributed by atoms with Crippen molar-refractivity contribution in [3.8, 4) is 0 Å². The molecule has 2 nitrogen and oxygen atoms in total. The highest BCUT2D eigenvalue weighted by Crippen LogP contribution is 2.20. The minimum absolute atomic E-state index is 0.858. The molecule has 1 aromatic rings. The minimum atomic E-state index is 0.858. The first-order chi connectivity index (χ1) is 7.19. The molecule has 1 rings (SSSR count). The van der Waals surface area contributed by atoms with Crippen LogP contribution in [0.5, 0.6) is 0 Å². The van der Waals surface area contributed by atoms with Crippen molar-refractivity contribution < 1.29 is 0 Å². The molecule has 1 aromatic carbocycles. The fraction of sp³-hybridized carbons (Fsp3) is 0.455. The molecule has 0 fully saturated rings. The van der Waals surface area contributed by atoms with Gasteiger partial charge in [0.25, 0.3) is 0 Å². The summed E-state index contributed by atoms with van der Waals surface area (Å²) in [5.41, 5.74) is 9.03. The van der Waals surface area contributed by atoms with E-state index in [1.807, 2.05) is 13.0 Å². The van der Waals surface area contributed by atoms with E-state index in [2.05, 4.69) is 48.9 Å². The van der Waals surface area contributed by atoms with Crippen LogP contribution in [0, 0.1) is 6.92 Å². The van der Waals surface area contributed by atoms with Crippen molar-refractivity contribution in [1.29, 1.82) is 0 Å². The van der Waals surface area contributed by atoms with Gasteiger partial charge >= 0.3 is 0 Å². The van der Waals surface area contributed by atoms with Crippen LogP contribution >= 0.6 is 31.9 Å². The molecule has 84 valence electrons. The number of rotatable bonds is 5. The van der Waals surface area contributed by atoms with Gasteiger partial charge in [0.1, 0.15) is 0 Å². The average Bonchev–Trinajstić information content (AvgIpc) is 2.22. The van der Waals surface area contributed by atoms with Gasteiger partial charge in [-0.1, -0.05) is 31.9 Å². The van der Waals surface area contributed by atoms with Crippen molar-refractivity contribution >= 4 is 43.2 Å². The predicted octanol–water partition coefficient (Wildman–Crippen LogP) is 3.17. The highest BCUT2D eigenvalue weighted by Gasteiger charge is 2.05. The highest BCUT2D eigenvalue weighted by atomic mass is 79.9. The third-order valence-electron chi connectivity index (χ3n) is 2.33. The zero-order valence-electron chi connectivity index (χ0n) is 8.84. The van der Waals surface area contributed by atoms with E-state index in [4.69, 9.17) is 5.73 Å². The first kappa shape index (κ1) is 12.8. The smallest absolute Gasteiger partial charge is 0.0370 e. The maximum Gasteiger partial charge on any atom is 0.0370 e. The Bertz CT molecular complexity index is 309. The topological polar surface area (TPSA) is 29.3 Å². The molecule has 0 saturated carbocycles. The number of anilines is 2. The number of benzene rings is 1. The van der Waals surface area contributed by atoms with Crippen molar-refractivity contribution in [2.75, 3.05) is 34.4 Å². The normalized spacial score (nSPS) is 10.3. The van der Waals surface area contributed by atoms with Crippen LogP contribution in [0.4, 0.5) is 11.4 Å². The first-order valence-corrected chi connectivity index (χ1v) is 7.16. The fourth-order valence-electron chi connectivity index (χ4n) is 1.43. The van der Waals surface area contributed by atoms with Gasteiger partial charge < -0.3 is 10.6 Å². The summed E-state index contributed by atoms with van der Waals surface area (Å²) in [6.45, 7) is 4.06. The van der Waals surface area contributed by atoms with Crippen LogP contribution in [0.1, 0.15) is 5.56 Å². The second kappa shape index (κ2) is 6.38. The van der Waals surface area contributed by atoms with Gasteiger partial charge in [0.2, 0.25) is 0 Å². The SMILES string of the molecule is Cc1cc(N(CCBr)CCBr)ccc1N. The summed E-state index contributed by atoms with van der Waals surface area (Å²) in [4.78, 5) is 2.33. The molecule has 2 N–H and O–H groups in total. The molecule has 0 atom stereocenters. The lowest BCUT2D eigenvalue weighted by molar-refractivity contribution is 0.884. The lowest BCUT2D eigenvalue weighted by atomic mass is 10.1. The van der Waals surface area contributed by atoms with Crippen molar-refractivity contribution in [3.63, 3.8) is 0 Å². The standard InChI is InChI=1S/C11H16Br2N2/c1-9-8-10(2-3-11(9)14)15(6-4-12)7-5-13/h2-3,8H,4-7,14H2,1H3. The largest absolute Gasteiger partial charge is 0.399 e. The van der Waals surface area contributed by atoms with Crippen LogP contribution < -0.4 is 10.6 Å². The molecule has 0 unspecified atom stereocenters. The Morgan fingerprint density at radius 2 is 1.80 bits per heavy atom. The van der Waals surface area contributed by atoms with Gasteiger partial charge in [-0.15, -0.1) is 0 Å². The van der Waals surface area contributed by atoms with Crippen LogP contribution in [0.3, 0.4) is 0 Å². The molecule has 0 aliphatic heterocycles. The third-order valence-corrected chi connectivity index (χ3v) is 3.04. The zero-order chi connectivity index (χ0) is 11.3. The molecule has 0 saturated heterocycles. The maximum absolute atomic E-state index is 5.80. The van der Waals surface area contributed by atoms with Crippen LogP contribution in [0.15, 0.2) is 18.2 Å². The quantitative estimate of drug-likeness (QED) is 0.661. The van der Waals surface area contributed by atoms with E-state index in [0.29, 0.717) is 0 Å². The molecule has 0 aromatic heterocycles. The van der Waals surface area contributed by atoms with E-state index < -0.39 is 0 Å². The van der Waals surface area contributed by atoms with Gasteiger partial charge in [-0.05, 0) is 30.7 Å². The second-order valence-electron chi connectivity index (χ2n) is 3.41. The molecule has 0 amide bonds. The average molecular weight is 336 g/mol. The molecular weight excluding hydrogens is 320 g/mol. The second-order valence-corrected chi connectivity index (χ2v) is 4.99. The van der Waals surface area contributed by atoms with Crippen LogP contribution in [-0.4, -0.2) is 23.7 Å². The Kier molecular flexibility index (Phi) is 5.47. The molecule has 0 aliphatic rings. The number of alkyl halides is 2. The number of nitrogen functional groups attached to an aromatic ring is 1. The van der Waals surface area contributed by atoms with E-state index in [1.165, 1.54) is 5.69 Å². The van der Waals surface area contributed by atoms with Crippen LogP contribution in [-0.2, 0) is 0 Å². The van der Waals surface area contributed by atoms with E-state index in [-0.39, 0.29) is 0 Å². The van der Waals surface area contributed by atoms with Gasteiger partial charge in [0, 0.05) is 35.1 Å². The summed E-state index contributed by atoms with van der Waals surface area (Å²) in [6.07, 6.45) is 0. The molecule has 0 radical (unpaired) electrons. The van der Waals surface area contributed by atoms with Gasteiger partial charge in [-0.3, -0.25) is 0 Å². The number of nitrogens with two attached hydrogens (primary N) is 1. The van der Waals surface area contributed by atoms with E-state index >= 15 is 0 Å². The number of hydrogen-bond donors (Lipinski definition) is 1. The Morgan fingerprint density at radius 1 is 1.20 bits per heavy atom. The van der Waals surface area contributed by atoms with Crippen LogP contribution in [0.25, 0.3) is 0 Å². The summed E-state index contributed by atoms with van der Waals surface area (Å²) < 4.78 is 0. The van der Waals surface area contributed by atoms with E-state index in [0.717, 1.165) is 35.0 Å². The zero-order valence-corrected chi connectivity index (χ0v) is 12.0. The molecule has 0 aliphatic carbocycles. The Balaban J connectivity index is 2.85. The van der Waals surface area contributed by atoms with E-state index in [1.54, 1.807) is 0 Å². The monoisotopic (exact) mass is 334 g/mol. The Hall–Kier alpha value is -0.220. The molecular formula is C11H16Br2N2. The van der Waals surface area contributed by atoms with Crippen molar-refractivity contribution in [1.82, 2.24) is 0 Å². The van der Waals surface area contributed by atoms with E-state index in [9.17, 15) is 0 Å². The van der Waals surface area contributed by atoms with Crippen molar-refractivity contribution in [2.24, 2.45) is 0 Å². The summed E-state index contributed by atoms with van der Waals surface area (Å²) in [6, 6.07) is 6.19. The summed E-state index contributed by atoms with van der Waals surface area (Å²) in [7, 11) is 0. The minimum Gasteiger partial charge on any atom is -0.399 e. The van der Waals surface area contributed by atoms with Crippen molar-refractivity contribution in [2.45, 2.75) is 6.92 Å². The van der Waals surface area contributed by atoms with Gasteiger partial charge in [-0.25, -0.2) is 0 Å².